The topological polar surface area (TPSA) is 29.5 Å². The fourth-order valence-corrected chi connectivity index (χ4v) is 0.894. The molecule has 0 spiro atoms. The van der Waals surface area contributed by atoms with Crippen LogP contribution in [-0.4, -0.2) is 31.2 Å². The third kappa shape index (κ3) is 4.68. The van der Waals surface area contributed by atoms with Crippen LogP contribution < -0.4 is 0 Å². The van der Waals surface area contributed by atoms with E-state index in [0.29, 0.717) is 5.57 Å². The molecule has 13 heavy (non-hydrogen) atoms. The minimum absolute atomic E-state index is 0.130. The average molecular weight is 185 g/mol. The molecule has 0 aromatic rings. The van der Waals surface area contributed by atoms with E-state index >= 15 is 0 Å². The molecule has 1 unspecified atom stereocenters. The van der Waals surface area contributed by atoms with E-state index in [2.05, 4.69) is 13.5 Å². The zero-order valence-electron chi connectivity index (χ0n) is 8.96. The van der Waals surface area contributed by atoms with E-state index in [1.165, 1.54) is 0 Å². The summed E-state index contributed by atoms with van der Waals surface area (Å²) in [4.78, 5) is 13.1. The number of hydrogen-bond acceptors (Lipinski definition) is 3. The molecule has 76 valence electrons. The molecule has 0 aliphatic rings. The van der Waals surface area contributed by atoms with Gasteiger partial charge >= 0.3 is 5.97 Å². The van der Waals surface area contributed by atoms with Crippen LogP contribution in [-0.2, 0) is 9.53 Å². The molecule has 0 saturated carbocycles. The van der Waals surface area contributed by atoms with E-state index in [4.69, 9.17) is 4.74 Å². The van der Waals surface area contributed by atoms with Gasteiger partial charge in [0.05, 0.1) is 0 Å². The fraction of sp³-hybridized carbons (Fsp3) is 0.700. The van der Waals surface area contributed by atoms with Gasteiger partial charge in [-0.15, -0.1) is 0 Å². The van der Waals surface area contributed by atoms with E-state index in [0.717, 1.165) is 12.8 Å². The van der Waals surface area contributed by atoms with Crippen LogP contribution in [0.5, 0.6) is 0 Å². The lowest BCUT2D eigenvalue weighted by atomic mass is 10.3. The van der Waals surface area contributed by atoms with Gasteiger partial charge in [-0.25, -0.2) is 4.79 Å². The van der Waals surface area contributed by atoms with E-state index in [1.807, 2.05) is 19.0 Å². The lowest BCUT2D eigenvalue weighted by molar-refractivity contribution is -0.152. The van der Waals surface area contributed by atoms with Crippen molar-refractivity contribution in [1.29, 1.82) is 0 Å². The number of hydrogen-bond donors (Lipinski definition) is 0. The Morgan fingerprint density at radius 3 is 2.38 bits per heavy atom. The molecule has 0 aliphatic carbocycles. The summed E-state index contributed by atoms with van der Waals surface area (Å²) in [5.41, 5.74) is 0.447. The Morgan fingerprint density at radius 2 is 2.08 bits per heavy atom. The lowest BCUT2D eigenvalue weighted by Crippen LogP contribution is -2.32. The quantitative estimate of drug-likeness (QED) is 0.371. The second-order valence-corrected chi connectivity index (χ2v) is 3.39. The normalized spacial score (nSPS) is 12.7. The lowest BCUT2D eigenvalue weighted by Gasteiger charge is -2.23. The minimum Gasteiger partial charge on any atom is -0.443 e. The number of carbonyl (C=O) groups is 1. The largest absolute Gasteiger partial charge is 0.443 e. The molecule has 0 N–H and O–H groups in total. The van der Waals surface area contributed by atoms with Crippen molar-refractivity contribution in [1.82, 2.24) is 4.90 Å². The van der Waals surface area contributed by atoms with Crippen molar-refractivity contribution < 1.29 is 9.53 Å². The standard InChI is InChI=1S/C10H19NO2/c1-6-7-9(11(4)5)13-10(12)8(2)3/h9H,2,6-7H2,1,3-5H3. The van der Waals surface area contributed by atoms with Gasteiger partial charge in [0.2, 0.25) is 0 Å². The zero-order valence-corrected chi connectivity index (χ0v) is 8.96. The highest BCUT2D eigenvalue weighted by Crippen LogP contribution is 2.07. The van der Waals surface area contributed by atoms with Gasteiger partial charge in [0.1, 0.15) is 0 Å². The first kappa shape index (κ1) is 12.2. The molecule has 3 heteroatoms. The van der Waals surface area contributed by atoms with E-state index in [1.54, 1.807) is 6.92 Å². The molecular formula is C10H19NO2. The van der Waals surface area contributed by atoms with Crippen molar-refractivity contribution in [3.63, 3.8) is 0 Å². The van der Waals surface area contributed by atoms with Crippen LogP contribution in [0.3, 0.4) is 0 Å². The maximum absolute atomic E-state index is 11.2. The van der Waals surface area contributed by atoms with E-state index < -0.39 is 0 Å². The van der Waals surface area contributed by atoms with Crippen LogP contribution >= 0.6 is 0 Å². The van der Waals surface area contributed by atoms with Gasteiger partial charge in [-0.1, -0.05) is 19.9 Å². The predicted octanol–water partition coefficient (Wildman–Crippen LogP) is 1.79. The molecule has 0 saturated heterocycles. The Labute approximate surface area is 80.4 Å². The Bertz CT molecular complexity index is 187. The first-order valence-corrected chi connectivity index (χ1v) is 4.52. The van der Waals surface area contributed by atoms with Gasteiger partial charge in [0.15, 0.2) is 6.23 Å². The number of nitrogens with zero attached hydrogens (tertiary/aromatic N) is 1. The summed E-state index contributed by atoms with van der Waals surface area (Å²) < 4.78 is 5.20. The van der Waals surface area contributed by atoms with Gasteiger partial charge in [-0.2, -0.15) is 0 Å². The number of rotatable bonds is 5. The molecule has 0 fully saturated rings. The summed E-state index contributed by atoms with van der Waals surface area (Å²) >= 11 is 0. The van der Waals surface area contributed by atoms with Gasteiger partial charge in [0.25, 0.3) is 0 Å². The summed E-state index contributed by atoms with van der Waals surface area (Å²) in [6, 6.07) is 0. The van der Waals surface area contributed by atoms with Crippen molar-refractivity contribution in [3.8, 4) is 0 Å². The summed E-state index contributed by atoms with van der Waals surface area (Å²) in [7, 11) is 3.79. The number of carbonyl (C=O) groups excluding carboxylic acids is 1. The van der Waals surface area contributed by atoms with Crippen LogP contribution in [0, 0.1) is 0 Å². The summed E-state index contributed by atoms with van der Waals surface area (Å²) in [6.45, 7) is 7.25. The molecule has 0 radical (unpaired) electrons. The zero-order chi connectivity index (χ0) is 10.4. The van der Waals surface area contributed by atoms with Crippen LogP contribution in [0.15, 0.2) is 12.2 Å². The van der Waals surface area contributed by atoms with Crippen molar-refractivity contribution in [3.05, 3.63) is 12.2 Å². The molecule has 3 nitrogen and oxygen atoms in total. The second-order valence-electron chi connectivity index (χ2n) is 3.39. The highest BCUT2D eigenvalue weighted by molar-refractivity contribution is 5.87. The Morgan fingerprint density at radius 1 is 1.54 bits per heavy atom. The van der Waals surface area contributed by atoms with Crippen molar-refractivity contribution in [2.75, 3.05) is 14.1 Å². The SMILES string of the molecule is C=C(C)C(=O)OC(CCC)N(C)C. The fourth-order valence-electron chi connectivity index (χ4n) is 0.894. The summed E-state index contributed by atoms with van der Waals surface area (Å²) in [5, 5.41) is 0. The predicted molar refractivity (Wildman–Crippen MR) is 53.3 cm³/mol. The monoisotopic (exact) mass is 185 g/mol. The van der Waals surface area contributed by atoms with Crippen LogP contribution in [0.1, 0.15) is 26.7 Å². The molecule has 0 heterocycles. The van der Waals surface area contributed by atoms with Crippen LogP contribution in [0.4, 0.5) is 0 Å². The molecule has 1 atom stereocenters. The minimum atomic E-state index is -0.313. The molecule has 0 aromatic heterocycles. The Balaban J connectivity index is 4.09. The Hall–Kier alpha value is -0.830. The van der Waals surface area contributed by atoms with Gasteiger partial charge in [-0.05, 0) is 27.4 Å². The summed E-state index contributed by atoms with van der Waals surface area (Å²) in [5.74, 6) is -0.313. The molecule has 0 bridgehead atoms. The highest BCUT2D eigenvalue weighted by Gasteiger charge is 2.15. The maximum atomic E-state index is 11.2. The molecule has 0 aliphatic heterocycles. The molecule has 0 rings (SSSR count). The maximum Gasteiger partial charge on any atom is 0.334 e. The van der Waals surface area contributed by atoms with Crippen molar-refractivity contribution in [2.24, 2.45) is 0 Å². The van der Waals surface area contributed by atoms with Gasteiger partial charge < -0.3 is 4.74 Å². The van der Waals surface area contributed by atoms with Gasteiger partial charge in [0, 0.05) is 5.57 Å². The molecule has 0 amide bonds. The number of esters is 1. The van der Waals surface area contributed by atoms with Crippen molar-refractivity contribution in [2.45, 2.75) is 32.9 Å². The van der Waals surface area contributed by atoms with E-state index in [9.17, 15) is 4.79 Å². The first-order valence-electron chi connectivity index (χ1n) is 4.52. The third-order valence-corrected chi connectivity index (χ3v) is 1.70. The number of ether oxygens (including phenoxy) is 1. The first-order chi connectivity index (χ1) is 5.99. The average Bonchev–Trinajstić information content (AvgIpc) is 2.03. The second kappa shape index (κ2) is 5.75. The molecule has 0 aromatic carbocycles. The molecular weight excluding hydrogens is 166 g/mol. The third-order valence-electron chi connectivity index (χ3n) is 1.70. The smallest absolute Gasteiger partial charge is 0.334 e. The van der Waals surface area contributed by atoms with Crippen LogP contribution in [0.2, 0.25) is 0 Å². The highest BCUT2D eigenvalue weighted by atomic mass is 16.6. The van der Waals surface area contributed by atoms with Crippen molar-refractivity contribution >= 4 is 5.97 Å². The summed E-state index contributed by atoms with van der Waals surface area (Å²) in [6.07, 6.45) is 1.72. The van der Waals surface area contributed by atoms with Gasteiger partial charge in [-0.3, -0.25) is 4.90 Å². The van der Waals surface area contributed by atoms with E-state index in [-0.39, 0.29) is 12.2 Å². The Kier molecular flexibility index (Phi) is 5.39. The van der Waals surface area contributed by atoms with Crippen LogP contribution in [0.25, 0.3) is 0 Å².